The Kier molecular flexibility index (Phi) is 8.39. The van der Waals surface area contributed by atoms with Crippen LogP contribution in [0.15, 0.2) is 103 Å². The van der Waals surface area contributed by atoms with Crippen LogP contribution < -0.4 is 0 Å². The second-order valence-electron chi connectivity index (χ2n) is 9.19. The zero-order valence-corrected chi connectivity index (χ0v) is 21.2. The molecule has 1 heterocycles. The van der Waals surface area contributed by atoms with Gasteiger partial charge in [0.15, 0.2) is 0 Å². The number of carbonyl (C=O) groups excluding carboxylic acids is 1. The van der Waals surface area contributed by atoms with Gasteiger partial charge in [0.2, 0.25) is 0 Å². The predicted octanol–water partition coefficient (Wildman–Crippen LogP) is 8.42. The maximum absolute atomic E-state index is 13.4. The summed E-state index contributed by atoms with van der Waals surface area (Å²) >= 11 is 0. The standard InChI is InChI=1S/C30H25F6NO3/c1-21(23-16-25(29(31,32)33)18-26(17-23)30(34,35)36)40-20-28(24-12-6-3-7-13-24)14-8-9-15-37(28)27(38)39-19-22-10-4-2-5-11-22/h2-18,21H,19-20H2,1H3/t21-,28?/m1/s1. The van der Waals surface area contributed by atoms with Gasteiger partial charge >= 0.3 is 18.4 Å². The Bertz CT molecular complexity index is 1340. The number of alkyl halides is 6. The maximum atomic E-state index is 13.4. The lowest BCUT2D eigenvalue weighted by Crippen LogP contribution is -2.49. The van der Waals surface area contributed by atoms with Gasteiger partial charge in [-0.15, -0.1) is 0 Å². The number of hydrogen-bond acceptors (Lipinski definition) is 3. The summed E-state index contributed by atoms with van der Waals surface area (Å²) in [5, 5.41) is 0. The first-order valence-corrected chi connectivity index (χ1v) is 12.2. The summed E-state index contributed by atoms with van der Waals surface area (Å²) in [5.74, 6) is 0. The summed E-state index contributed by atoms with van der Waals surface area (Å²) in [6, 6.07) is 19.1. The first-order chi connectivity index (χ1) is 18.9. The summed E-state index contributed by atoms with van der Waals surface area (Å²) in [5.41, 5.74) is -3.12. The molecule has 0 spiro atoms. The summed E-state index contributed by atoms with van der Waals surface area (Å²) in [7, 11) is 0. The Morgan fingerprint density at radius 3 is 2.00 bits per heavy atom. The van der Waals surface area contributed by atoms with Gasteiger partial charge in [-0.1, -0.05) is 72.8 Å². The first kappa shape index (κ1) is 28.9. The van der Waals surface area contributed by atoms with Gasteiger partial charge in [-0.3, -0.25) is 4.90 Å². The number of ether oxygens (including phenoxy) is 2. The van der Waals surface area contributed by atoms with Crippen LogP contribution in [0.3, 0.4) is 0 Å². The molecule has 3 aromatic rings. The van der Waals surface area contributed by atoms with Crippen LogP contribution in [0.4, 0.5) is 31.1 Å². The van der Waals surface area contributed by atoms with Crippen molar-refractivity contribution in [1.82, 2.24) is 4.90 Å². The number of rotatable bonds is 7. The van der Waals surface area contributed by atoms with E-state index in [1.165, 1.54) is 18.0 Å². The smallest absolute Gasteiger partial charge is 0.416 e. The highest BCUT2D eigenvalue weighted by Crippen LogP contribution is 2.39. The van der Waals surface area contributed by atoms with E-state index in [2.05, 4.69) is 0 Å². The number of carbonyl (C=O) groups is 1. The minimum Gasteiger partial charge on any atom is -0.444 e. The normalized spacial score (nSPS) is 18.0. The van der Waals surface area contributed by atoms with E-state index < -0.39 is 41.2 Å². The predicted molar refractivity (Wildman–Crippen MR) is 136 cm³/mol. The molecule has 210 valence electrons. The van der Waals surface area contributed by atoms with E-state index >= 15 is 0 Å². The minimum atomic E-state index is -4.99. The third kappa shape index (κ3) is 6.56. The summed E-state index contributed by atoms with van der Waals surface area (Å²) < 4.78 is 91.9. The van der Waals surface area contributed by atoms with Crippen molar-refractivity contribution in [2.75, 3.05) is 6.61 Å². The number of amides is 1. The molecule has 40 heavy (non-hydrogen) atoms. The van der Waals surface area contributed by atoms with Gasteiger partial charge in [0.05, 0.1) is 23.8 Å². The van der Waals surface area contributed by atoms with Gasteiger partial charge in [-0.2, -0.15) is 26.3 Å². The maximum Gasteiger partial charge on any atom is 0.416 e. The number of halogens is 6. The van der Waals surface area contributed by atoms with Gasteiger partial charge in [-0.05, 0) is 47.9 Å². The molecule has 0 aromatic heterocycles. The lowest BCUT2D eigenvalue weighted by Gasteiger charge is -2.41. The number of allylic oxidation sites excluding steroid dienone is 2. The highest BCUT2D eigenvalue weighted by molar-refractivity contribution is 5.72. The second-order valence-corrected chi connectivity index (χ2v) is 9.19. The summed E-state index contributed by atoms with van der Waals surface area (Å²) in [4.78, 5) is 14.6. The van der Waals surface area contributed by atoms with Crippen LogP contribution in [0, 0.1) is 0 Å². The van der Waals surface area contributed by atoms with E-state index in [9.17, 15) is 31.1 Å². The molecule has 1 unspecified atom stereocenters. The second kappa shape index (κ2) is 11.6. The van der Waals surface area contributed by atoms with E-state index in [1.54, 1.807) is 72.8 Å². The fraction of sp³-hybridized carbons (Fsp3) is 0.233. The van der Waals surface area contributed by atoms with Crippen LogP contribution in [-0.4, -0.2) is 17.6 Å². The van der Waals surface area contributed by atoms with Crippen molar-refractivity contribution in [2.45, 2.75) is 37.5 Å². The lowest BCUT2D eigenvalue weighted by molar-refractivity contribution is -0.143. The van der Waals surface area contributed by atoms with E-state index in [4.69, 9.17) is 9.47 Å². The molecule has 0 saturated heterocycles. The van der Waals surface area contributed by atoms with E-state index in [-0.39, 0.29) is 24.8 Å². The molecule has 0 radical (unpaired) electrons. The van der Waals surface area contributed by atoms with Crippen molar-refractivity contribution in [2.24, 2.45) is 0 Å². The average molecular weight is 562 g/mol. The van der Waals surface area contributed by atoms with Crippen LogP contribution in [0.25, 0.3) is 0 Å². The number of nitrogens with zero attached hydrogens (tertiary/aromatic N) is 1. The molecule has 0 aliphatic carbocycles. The van der Waals surface area contributed by atoms with Crippen molar-refractivity contribution >= 4 is 6.09 Å². The molecule has 1 amide bonds. The summed E-state index contributed by atoms with van der Waals surface area (Å²) in [6.07, 6.45) is -5.44. The Labute approximate surface area is 227 Å². The van der Waals surface area contributed by atoms with Crippen LogP contribution in [0.2, 0.25) is 0 Å². The van der Waals surface area contributed by atoms with E-state index in [0.717, 1.165) is 5.56 Å². The van der Waals surface area contributed by atoms with Crippen molar-refractivity contribution in [1.29, 1.82) is 0 Å². The topological polar surface area (TPSA) is 38.8 Å². The van der Waals surface area contributed by atoms with Gasteiger partial charge in [0, 0.05) is 6.20 Å². The third-order valence-corrected chi connectivity index (χ3v) is 6.46. The highest BCUT2D eigenvalue weighted by atomic mass is 19.4. The van der Waals surface area contributed by atoms with Crippen molar-refractivity contribution in [3.05, 3.63) is 131 Å². The molecule has 10 heteroatoms. The Hall–Kier alpha value is -4.05. The number of benzene rings is 3. The van der Waals surface area contributed by atoms with Crippen LogP contribution in [0.1, 0.15) is 40.8 Å². The van der Waals surface area contributed by atoms with Gasteiger partial charge in [0.1, 0.15) is 12.1 Å². The van der Waals surface area contributed by atoms with Crippen LogP contribution >= 0.6 is 0 Å². The van der Waals surface area contributed by atoms with Crippen molar-refractivity contribution in [3.8, 4) is 0 Å². The van der Waals surface area contributed by atoms with Gasteiger partial charge in [-0.25, -0.2) is 4.79 Å². The fourth-order valence-electron chi connectivity index (χ4n) is 4.30. The van der Waals surface area contributed by atoms with E-state index in [0.29, 0.717) is 17.7 Å². The number of hydrogen-bond donors (Lipinski definition) is 0. The van der Waals surface area contributed by atoms with Gasteiger partial charge in [0.25, 0.3) is 0 Å². The highest BCUT2D eigenvalue weighted by Gasteiger charge is 2.42. The quantitative estimate of drug-likeness (QED) is 0.272. The molecule has 2 atom stereocenters. The third-order valence-electron chi connectivity index (χ3n) is 6.46. The SMILES string of the molecule is C[C@@H](OCC1(c2ccccc2)C=CC=CN1C(=O)OCc1ccccc1)c1cc(C(F)(F)F)cc(C(F)(F)F)c1. The Balaban J connectivity index is 1.64. The first-order valence-electron chi connectivity index (χ1n) is 12.2. The lowest BCUT2D eigenvalue weighted by atomic mass is 9.87. The summed E-state index contributed by atoms with van der Waals surface area (Å²) in [6.45, 7) is 1.05. The molecule has 1 aliphatic rings. The fourth-order valence-corrected chi connectivity index (χ4v) is 4.30. The molecule has 4 rings (SSSR count). The van der Waals surface area contributed by atoms with Crippen molar-refractivity contribution < 1.29 is 40.6 Å². The Morgan fingerprint density at radius 2 is 1.43 bits per heavy atom. The largest absolute Gasteiger partial charge is 0.444 e. The van der Waals surface area contributed by atoms with Gasteiger partial charge < -0.3 is 9.47 Å². The molecule has 0 saturated carbocycles. The molecule has 0 fully saturated rings. The average Bonchev–Trinajstić information content (AvgIpc) is 2.94. The molecular weight excluding hydrogens is 536 g/mol. The molecular formula is C30H25F6NO3. The molecule has 4 nitrogen and oxygen atoms in total. The Morgan fingerprint density at radius 1 is 0.850 bits per heavy atom. The van der Waals surface area contributed by atoms with E-state index in [1.807, 2.05) is 6.07 Å². The molecule has 0 N–H and O–H groups in total. The molecule has 1 aliphatic heterocycles. The van der Waals surface area contributed by atoms with Crippen LogP contribution in [-0.2, 0) is 34.0 Å². The zero-order chi connectivity index (χ0) is 29.0. The molecule has 3 aromatic carbocycles. The van der Waals surface area contributed by atoms with Crippen LogP contribution in [0.5, 0.6) is 0 Å². The molecule has 0 bridgehead atoms. The van der Waals surface area contributed by atoms with Crippen molar-refractivity contribution in [3.63, 3.8) is 0 Å². The minimum absolute atomic E-state index is 0.0136. The zero-order valence-electron chi connectivity index (χ0n) is 21.2. The monoisotopic (exact) mass is 561 g/mol.